The van der Waals surface area contributed by atoms with Crippen molar-refractivity contribution in [1.29, 1.82) is 0 Å². The highest BCUT2D eigenvalue weighted by Crippen LogP contribution is 2.25. The fraction of sp³-hybridized carbons (Fsp3) is 0.150. The molecule has 0 radical (unpaired) electrons. The highest BCUT2D eigenvalue weighted by molar-refractivity contribution is 6.30. The SMILES string of the molecule is COc1ccccc1Nc1nccc(C(=O)NCCc2cccc(Cl)c2)n1. The molecule has 1 amide bonds. The van der Waals surface area contributed by atoms with E-state index in [4.69, 9.17) is 16.3 Å². The number of para-hydroxylation sites is 2. The second kappa shape index (κ2) is 9.00. The number of hydrogen-bond donors (Lipinski definition) is 2. The largest absolute Gasteiger partial charge is 0.495 e. The average molecular weight is 383 g/mol. The molecule has 27 heavy (non-hydrogen) atoms. The van der Waals surface area contributed by atoms with Crippen LogP contribution in [0, 0.1) is 0 Å². The highest BCUT2D eigenvalue weighted by Gasteiger charge is 2.10. The fourth-order valence-corrected chi connectivity index (χ4v) is 2.73. The minimum absolute atomic E-state index is 0.262. The first-order valence-corrected chi connectivity index (χ1v) is 8.79. The molecule has 0 unspecified atom stereocenters. The summed E-state index contributed by atoms with van der Waals surface area (Å²) in [5.41, 5.74) is 2.07. The molecule has 0 fully saturated rings. The van der Waals surface area contributed by atoms with Crippen molar-refractivity contribution in [3.05, 3.63) is 77.1 Å². The number of carbonyl (C=O) groups is 1. The van der Waals surface area contributed by atoms with Gasteiger partial charge in [0, 0.05) is 17.8 Å². The summed E-state index contributed by atoms with van der Waals surface area (Å²) in [6, 6.07) is 16.6. The third-order valence-corrected chi connectivity index (χ3v) is 4.07. The maximum Gasteiger partial charge on any atom is 0.270 e. The van der Waals surface area contributed by atoms with Crippen molar-refractivity contribution in [2.75, 3.05) is 19.0 Å². The van der Waals surface area contributed by atoms with Gasteiger partial charge in [-0.05, 0) is 42.3 Å². The Kier molecular flexibility index (Phi) is 6.22. The number of benzene rings is 2. The molecule has 0 bridgehead atoms. The molecule has 0 atom stereocenters. The first kappa shape index (κ1) is 18.7. The predicted octanol–water partition coefficient (Wildman–Crippen LogP) is 3.85. The Bertz CT molecular complexity index is 933. The van der Waals surface area contributed by atoms with Gasteiger partial charge >= 0.3 is 0 Å². The molecule has 0 aliphatic carbocycles. The maximum atomic E-state index is 12.3. The Labute approximate surface area is 162 Å². The molecule has 0 aliphatic heterocycles. The van der Waals surface area contributed by atoms with Gasteiger partial charge in [0.2, 0.25) is 5.95 Å². The Morgan fingerprint density at radius 3 is 2.81 bits per heavy atom. The van der Waals surface area contributed by atoms with Crippen LogP contribution in [0.25, 0.3) is 0 Å². The van der Waals surface area contributed by atoms with Crippen molar-refractivity contribution in [1.82, 2.24) is 15.3 Å². The molecule has 0 saturated carbocycles. The molecule has 138 valence electrons. The molecule has 6 nitrogen and oxygen atoms in total. The van der Waals surface area contributed by atoms with E-state index in [0.29, 0.717) is 29.7 Å². The number of nitrogens with zero attached hydrogens (tertiary/aromatic N) is 2. The summed E-state index contributed by atoms with van der Waals surface area (Å²) in [4.78, 5) is 20.8. The number of methoxy groups -OCH3 is 1. The second-order valence-corrected chi connectivity index (χ2v) is 6.16. The molecule has 0 saturated heterocycles. The van der Waals surface area contributed by atoms with Crippen molar-refractivity contribution in [3.8, 4) is 5.75 Å². The van der Waals surface area contributed by atoms with Gasteiger partial charge in [0.1, 0.15) is 11.4 Å². The Hall–Kier alpha value is -3.12. The van der Waals surface area contributed by atoms with Crippen molar-refractivity contribution >= 4 is 29.1 Å². The highest BCUT2D eigenvalue weighted by atomic mass is 35.5. The summed E-state index contributed by atoms with van der Waals surface area (Å²) in [5, 5.41) is 6.60. The lowest BCUT2D eigenvalue weighted by molar-refractivity contribution is 0.0949. The fourth-order valence-electron chi connectivity index (χ4n) is 2.52. The molecule has 7 heteroatoms. The van der Waals surface area contributed by atoms with E-state index in [0.717, 1.165) is 11.3 Å². The van der Waals surface area contributed by atoms with E-state index in [-0.39, 0.29) is 11.6 Å². The van der Waals surface area contributed by atoms with Crippen LogP contribution in [0.4, 0.5) is 11.6 Å². The molecule has 0 aliphatic rings. The Morgan fingerprint density at radius 2 is 2.00 bits per heavy atom. The summed E-state index contributed by atoms with van der Waals surface area (Å²) in [6.07, 6.45) is 2.22. The van der Waals surface area contributed by atoms with E-state index >= 15 is 0 Å². The van der Waals surface area contributed by atoms with E-state index in [9.17, 15) is 4.79 Å². The van der Waals surface area contributed by atoms with Crippen LogP contribution < -0.4 is 15.4 Å². The van der Waals surface area contributed by atoms with Gasteiger partial charge in [0.15, 0.2) is 0 Å². The number of rotatable bonds is 7. The molecule has 0 spiro atoms. The van der Waals surface area contributed by atoms with Gasteiger partial charge in [-0.15, -0.1) is 0 Å². The van der Waals surface area contributed by atoms with Gasteiger partial charge in [-0.25, -0.2) is 9.97 Å². The maximum absolute atomic E-state index is 12.3. The van der Waals surface area contributed by atoms with Crippen molar-refractivity contribution in [3.63, 3.8) is 0 Å². The number of hydrogen-bond acceptors (Lipinski definition) is 5. The molecular formula is C20H19ClN4O2. The molecule has 2 aromatic carbocycles. The standard InChI is InChI=1S/C20H19ClN4O2/c1-27-18-8-3-2-7-16(18)24-20-23-12-10-17(25-20)19(26)22-11-9-14-5-4-6-15(21)13-14/h2-8,10,12-13H,9,11H2,1H3,(H,22,26)(H,23,24,25). The number of carbonyl (C=O) groups excluding carboxylic acids is 1. The van der Waals surface area contributed by atoms with Gasteiger partial charge in [0.05, 0.1) is 12.8 Å². The third kappa shape index (κ3) is 5.18. The van der Waals surface area contributed by atoms with Gasteiger partial charge < -0.3 is 15.4 Å². The van der Waals surface area contributed by atoms with E-state index in [1.165, 1.54) is 6.20 Å². The van der Waals surface area contributed by atoms with Crippen molar-refractivity contribution in [2.24, 2.45) is 0 Å². The van der Waals surface area contributed by atoms with Crippen LogP contribution in [0.15, 0.2) is 60.8 Å². The molecule has 3 rings (SSSR count). The number of nitrogens with one attached hydrogen (secondary N) is 2. The molecule has 1 aromatic heterocycles. The van der Waals surface area contributed by atoms with Crippen molar-refractivity contribution < 1.29 is 9.53 Å². The number of aromatic nitrogens is 2. The van der Waals surface area contributed by atoms with Gasteiger partial charge in [0.25, 0.3) is 5.91 Å². The van der Waals surface area contributed by atoms with Gasteiger partial charge in [-0.1, -0.05) is 35.9 Å². The Balaban J connectivity index is 1.61. The smallest absolute Gasteiger partial charge is 0.270 e. The lowest BCUT2D eigenvalue weighted by Gasteiger charge is -2.10. The Morgan fingerprint density at radius 1 is 1.15 bits per heavy atom. The summed E-state index contributed by atoms with van der Waals surface area (Å²) in [7, 11) is 1.59. The molecule has 3 aromatic rings. The van der Waals surface area contributed by atoms with Crippen LogP contribution in [-0.2, 0) is 6.42 Å². The summed E-state index contributed by atoms with van der Waals surface area (Å²) in [5.74, 6) is 0.724. The quantitative estimate of drug-likeness (QED) is 0.649. The topological polar surface area (TPSA) is 76.1 Å². The first-order valence-electron chi connectivity index (χ1n) is 8.41. The summed E-state index contributed by atoms with van der Waals surface area (Å²) >= 11 is 5.97. The minimum Gasteiger partial charge on any atom is -0.495 e. The van der Waals surface area contributed by atoms with E-state index in [1.807, 2.05) is 48.5 Å². The van der Waals surface area contributed by atoms with Crippen LogP contribution >= 0.6 is 11.6 Å². The predicted molar refractivity (Wildman–Crippen MR) is 106 cm³/mol. The van der Waals surface area contributed by atoms with E-state index < -0.39 is 0 Å². The normalized spacial score (nSPS) is 10.3. The number of anilines is 2. The van der Waals surface area contributed by atoms with Crippen LogP contribution in [-0.4, -0.2) is 29.5 Å². The number of amides is 1. The lowest BCUT2D eigenvalue weighted by Crippen LogP contribution is -2.26. The monoisotopic (exact) mass is 382 g/mol. The zero-order valence-corrected chi connectivity index (χ0v) is 15.5. The number of ether oxygens (including phenoxy) is 1. The molecular weight excluding hydrogens is 364 g/mol. The van der Waals surface area contributed by atoms with E-state index in [1.54, 1.807) is 13.2 Å². The summed E-state index contributed by atoms with van der Waals surface area (Å²) in [6.45, 7) is 0.485. The third-order valence-electron chi connectivity index (χ3n) is 3.83. The zero-order valence-electron chi connectivity index (χ0n) is 14.8. The number of halogens is 1. The molecule has 1 heterocycles. The van der Waals surface area contributed by atoms with Gasteiger partial charge in [-0.2, -0.15) is 0 Å². The van der Waals surface area contributed by atoms with Crippen molar-refractivity contribution in [2.45, 2.75) is 6.42 Å². The van der Waals surface area contributed by atoms with Crippen LogP contribution in [0.1, 0.15) is 16.1 Å². The second-order valence-electron chi connectivity index (χ2n) is 5.73. The first-order chi connectivity index (χ1) is 13.2. The van der Waals surface area contributed by atoms with Crippen LogP contribution in [0.5, 0.6) is 5.75 Å². The van der Waals surface area contributed by atoms with E-state index in [2.05, 4.69) is 20.6 Å². The average Bonchev–Trinajstić information content (AvgIpc) is 2.68. The zero-order chi connectivity index (χ0) is 19.1. The minimum atomic E-state index is -0.262. The molecule has 2 N–H and O–H groups in total. The van der Waals surface area contributed by atoms with Crippen LogP contribution in [0.3, 0.4) is 0 Å². The van der Waals surface area contributed by atoms with Gasteiger partial charge in [-0.3, -0.25) is 4.79 Å². The summed E-state index contributed by atoms with van der Waals surface area (Å²) < 4.78 is 5.29. The van der Waals surface area contributed by atoms with Crippen LogP contribution in [0.2, 0.25) is 5.02 Å². The lowest BCUT2D eigenvalue weighted by atomic mass is 10.1.